The number of piperidine rings is 1. The van der Waals surface area contributed by atoms with Crippen LogP contribution in [0, 0.1) is 5.92 Å². The molecule has 0 unspecified atom stereocenters. The van der Waals surface area contributed by atoms with Crippen LogP contribution >= 0.6 is 27.7 Å². The van der Waals surface area contributed by atoms with Crippen LogP contribution in [0.1, 0.15) is 26.2 Å². The second kappa shape index (κ2) is 10.2. The Bertz CT molecular complexity index is 1120. The first-order valence-corrected chi connectivity index (χ1v) is 12.3. The number of nitrogen functional groups attached to an aromatic ring is 1. The fourth-order valence-corrected chi connectivity index (χ4v) is 5.37. The summed E-state index contributed by atoms with van der Waals surface area (Å²) in [5.74, 6) is 3.09. The van der Waals surface area contributed by atoms with Gasteiger partial charge in [0.2, 0.25) is 5.91 Å². The number of ether oxygens (including phenoxy) is 2. The summed E-state index contributed by atoms with van der Waals surface area (Å²) in [5.41, 5.74) is 6.71. The molecule has 3 heterocycles. The van der Waals surface area contributed by atoms with Gasteiger partial charge in [0.25, 0.3) is 0 Å². The number of aryl methyl sites for hydroxylation is 1. The topological polar surface area (TPSA) is 108 Å². The fraction of sp³-hybridized carbons (Fsp3) is 0.455. The lowest BCUT2D eigenvalue weighted by Crippen LogP contribution is -2.37. The summed E-state index contributed by atoms with van der Waals surface area (Å²) >= 11 is 5.00. The second-order valence-corrected chi connectivity index (χ2v) is 9.84. The number of likely N-dealkylation sites (tertiary alicyclic amines) is 1. The van der Waals surface area contributed by atoms with E-state index in [1.54, 1.807) is 27.5 Å². The van der Waals surface area contributed by atoms with Crippen molar-refractivity contribution in [2.75, 3.05) is 33.0 Å². The number of amides is 1. The first kappa shape index (κ1) is 23.6. The van der Waals surface area contributed by atoms with Crippen molar-refractivity contribution >= 4 is 39.4 Å². The first-order chi connectivity index (χ1) is 15.9. The average Bonchev–Trinajstić information content (AvgIpc) is 3.24. The zero-order valence-corrected chi connectivity index (χ0v) is 21.3. The molecule has 4 rings (SSSR count). The summed E-state index contributed by atoms with van der Waals surface area (Å²) in [6.45, 7) is 4.07. The Kier molecular flexibility index (Phi) is 7.28. The number of anilines is 1. The van der Waals surface area contributed by atoms with E-state index >= 15 is 0 Å². The number of carbonyl (C=O) groups is 1. The molecular weight excluding hydrogens is 508 g/mol. The molecule has 1 saturated heterocycles. The van der Waals surface area contributed by atoms with Crippen LogP contribution < -0.4 is 15.2 Å². The molecule has 0 spiro atoms. The van der Waals surface area contributed by atoms with E-state index in [2.05, 4.69) is 25.9 Å². The van der Waals surface area contributed by atoms with Crippen LogP contribution in [-0.4, -0.2) is 57.6 Å². The number of carbonyl (C=O) groups excluding carboxylic acids is 1. The van der Waals surface area contributed by atoms with E-state index in [9.17, 15) is 4.79 Å². The number of nitrogens with two attached hydrogens (primary N) is 1. The van der Waals surface area contributed by atoms with Crippen molar-refractivity contribution in [1.82, 2.24) is 24.4 Å². The molecule has 9 nitrogen and oxygen atoms in total. The highest BCUT2D eigenvalue weighted by atomic mass is 79.9. The van der Waals surface area contributed by atoms with Gasteiger partial charge >= 0.3 is 0 Å². The number of nitrogens with zero attached hydrogens (tertiary/aromatic N) is 5. The number of rotatable bonds is 7. The molecule has 0 aliphatic carbocycles. The SMILES string of the molecule is COc1cc(Br)c(Sc2nc3c(N)ncn(CCC4CCN(C(C)=O)CC4)c-3n2)cc1OC. The zero-order valence-electron chi connectivity index (χ0n) is 18.9. The maximum atomic E-state index is 11.6. The Hall–Kier alpha value is -2.53. The number of benzene rings is 1. The lowest BCUT2D eigenvalue weighted by atomic mass is 9.93. The van der Waals surface area contributed by atoms with Crippen molar-refractivity contribution in [2.24, 2.45) is 5.92 Å². The third-order valence-electron chi connectivity index (χ3n) is 5.95. The minimum atomic E-state index is 0.158. The number of hydrogen-bond donors (Lipinski definition) is 1. The van der Waals surface area contributed by atoms with Crippen molar-refractivity contribution in [2.45, 2.75) is 42.8 Å². The van der Waals surface area contributed by atoms with Gasteiger partial charge in [0.05, 0.1) is 20.5 Å². The number of fused-ring (bicyclic) bond motifs is 1. The van der Waals surface area contributed by atoms with E-state index in [0.717, 1.165) is 54.1 Å². The molecule has 0 radical (unpaired) electrons. The van der Waals surface area contributed by atoms with Crippen LogP contribution in [0.2, 0.25) is 0 Å². The molecule has 0 aromatic heterocycles. The van der Waals surface area contributed by atoms with E-state index in [4.69, 9.17) is 20.2 Å². The Morgan fingerprint density at radius 2 is 1.91 bits per heavy atom. The van der Waals surface area contributed by atoms with Crippen LogP contribution in [0.25, 0.3) is 11.5 Å². The molecule has 1 aromatic carbocycles. The standard InChI is InChI=1S/C22H27BrN6O3S/c1-13(30)28-7-4-14(5-8-28)6-9-29-12-25-20(24)19-21(29)27-22(26-19)33-18-11-17(32-3)16(31-2)10-15(18)23/h10-12,14H,4-9,24H2,1-3H3. The van der Waals surface area contributed by atoms with Gasteiger partial charge in [-0.2, -0.15) is 0 Å². The van der Waals surface area contributed by atoms with Crippen molar-refractivity contribution in [3.63, 3.8) is 0 Å². The first-order valence-electron chi connectivity index (χ1n) is 10.7. The number of methoxy groups -OCH3 is 2. The summed E-state index contributed by atoms with van der Waals surface area (Å²) in [4.78, 5) is 28.1. The lowest BCUT2D eigenvalue weighted by molar-refractivity contribution is -0.130. The van der Waals surface area contributed by atoms with Gasteiger partial charge in [-0.3, -0.25) is 4.79 Å². The molecule has 176 valence electrons. The third kappa shape index (κ3) is 5.19. The molecule has 2 N–H and O–H groups in total. The highest BCUT2D eigenvalue weighted by molar-refractivity contribution is 9.10. The van der Waals surface area contributed by atoms with Gasteiger partial charge in [0.15, 0.2) is 34.0 Å². The molecule has 1 fully saturated rings. The molecule has 3 aliphatic heterocycles. The van der Waals surface area contributed by atoms with Gasteiger partial charge in [0, 0.05) is 35.9 Å². The number of halogens is 1. The predicted molar refractivity (Wildman–Crippen MR) is 130 cm³/mol. The van der Waals surface area contributed by atoms with Gasteiger partial charge in [0.1, 0.15) is 0 Å². The van der Waals surface area contributed by atoms with Gasteiger partial charge in [-0.25, -0.2) is 15.0 Å². The molecule has 1 aromatic rings. The smallest absolute Gasteiger partial charge is 0.219 e. The lowest BCUT2D eigenvalue weighted by Gasteiger charge is -2.31. The van der Waals surface area contributed by atoms with Gasteiger partial charge in [-0.1, -0.05) is 0 Å². The van der Waals surface area contributed by atoms with E-state index in [1.165, 1.54) is 11.8 Å². The molecule has 11 heteroatoms. The summed E-state index contributed by atoms with van der Waals surface area (Å²) in [6, 6.07) is 3.75. The molecule has 0 atom stereocenters. The van der Waals surface area contributed by atoms with Gasteiger partial charge < -0.3 is 24.7 Å². The normalized spacial score (nSPS) is 14.6. The monoisotopic (exact) mass is 534 g/mol. The molecule has 1 amide bonds. The predicted octanol–water partition coefficient (Wildman–Crippen LogP) is 3.94. The number of hydrogen-bond acceptors (Lipinski definition) is 8. The van der Waals surface area contributed by atoms with Crippen molar-refractivity contribution in [3.05, 3.63) is 22.9 Å². The van der Waals surface area contributed by atoms with E-state index < -0.39 is 0 Å². The maximum absolute atomic E-state index is 11.6. The summed E-state index contributed by atoms with van der Waals surface area (Å²) < 4.78 is 13.6. The van der Waals surface area contributed by atoms with Crippen LogP contribution in [0.5, 0.6) is 11.5 Å². The Morgan fingerprint density at radius 1 is 1.21 bits per heavy atom. The molecular formula is C22H27BrN6O3S. The van der Waals surface area contributed by atoms with Crippen molar-refractivity contribution in [1.29, 1.82) is 0 Å². The zero-order chi connectivity index (χ0) is 23.5. The van der Waals surface area contributed by atoms with Crippen LogP contribution in [0.15, 0.2) is 33.0 Å². The highest BCUT2D eigenvalue weighted by Gasteiger charge is 2.23. The van der Waals surface area contributed by atoms with E-state index in [-0.39, 0.29) is 5.91 Å². The number of aromatic nitrogens is 4. The molecule has 33 heavy (non-hydrogen) atoms. The Morgan fingerprint density at radius 3 is 2.58 bits per heavy atom. The fourth-order valence-electron chi connectivity index (χ4n) is 4.01. The van der Waals surface area contributed by atoms with Crippen molar-refractivity contribution < 1.29 is 14.3 Å². The largest absolute Gasteiger partial charge is 0.493 e. The molecule has 0 bridgehead atoms. The highest BCUT2D eigenvalue weighted by Crippen LogP contribution is 2.41. The van der Waals surface area contributed by atoms with Gasteiger partial charge in [-0.05, 0) is 65.0 Å². The van der Waals surface area contributed by atoms with Gasteiger partial charge in [-0.15, -0.1) is 0 Å². The van der Waals surface area contributed by atoms with Crippen molar-refractivity contribution in [3.8, 4) is 23.0 Å². The average molecular weight is 535 g/mol. The van der Waals surface area contributed by atoms with Crippen LogP contribution in [0.4, 0.5) is 5.82 Å². The molecule has 3 aliphatic rings. The summed E-state index contributed by atoms with van der Waals surface area (Å²) in [7, 11) is 3.21. The Balaban J connectivity index is 1.51. The summed E-state index contributed by atoms with van der Waals surface area (Å²) in [5, 5.41) is 0.584. The maximum Gasteiger partial charge on any atom is 0.219 e. The summed E-state index contributed by atoms with van der Waals surface area (Å²) in [6.07, 6.45) is 4.77. The minimum Gasteiger partial charge on any atom is -0.493 e. The Labute approximate surface area is 205 Å². The number of imidazole rings is 1. The van der Waals surface area contributed by atoms with E-state index in [0.29, 0.717) is 34.1 Å². The third-order valence-corrected chi connectivity index (χ3v) is 7.79. The minimum absolute atomic E-state index is 0.158. The second-order valence-electron chi connectivity index (χ2n) is 7.98. The van der Waals surface area contributed by atoms with Crippen LogP contribution in [0.3, 0.4) is 0 Å². The van der Waals surface area contributed by atoms with Crippen LogP contribution in [-0.2, 0) is 11.3 Å². The molecule has 0 saturated carbocycles. The van der Waals surface area contributed by atoms with E-state index in [1.807, 2.05) is 21.6 Å². The quantitative estimate of drug-likeness (QED) is 0.485.